The van der Waals surface area contributed by atoms with Crippen LogP contribution in [0.2, 0.25) is 0 Å². The van der Waals surface area contributed by atoms with Gasteiger partial charge in [0.1, 0.15) is 23.6 Å². The molecule has 1 N–H and O–H groups in total. The lowest BCUT2D eigenvalue weighted by molar-refractivity contribution is 0.331. The number of anilines is 1. The van der Waals surface area contributed by atoms with Gasteiger partial charge in [-0.25, -0.2) is 31.5 Å². The van der Waals surface area contributed by atoms with Crippen molar-refractivity contribution in [1.29, 1.82) is 0 Å². The number of pyridine rings is 1. The molecule has 0 amide bonds. The second-order valence-electron chi connectivity index (χ2n) is 7.58. The molecule has 0 unspecified atom stereocenters. The zero-order chi connectivity index (χ0) is 22.9. The molecular weight excluding hydrogens is 442 g/mol. The Kier molecular flexibility index (Phi) is 6.07. The monoisotopic (exact) mass is 462 g/mol. The number of piperidine rings is 1. The topological polar surface area (TPSA) is 118 Å². The third kappa shape index (κ3) is 4.55. The van der Waals surface area contributed by atoms with Crippen molar-refractivity contribution in [3.63, 3.8) is 0 Å². The molecule has 0 spiro atoms. The molecule has 168 valence electrons. The maximum Gasteiger partial charge on any atom is 0.223 e. The third-order valence-electron chi connectivity index (χ3n) is 5.40. The SMILES string of the molecule is CS(=O)(=O)N1CCC(Nc2ncc(F)c(-c3cc(F)c4nccc(CN=O)c4c3)n2)CC1. The number of fused-ring (bicyclic) bond motifs is 1. The minimum atomic E-state index is -3.24. The Labute approximate surface area is 182 Å². The standard InChI is InChI=1S/C20H20F2N6O3S/c1-32(30,31)28-6-3-14(4-7-28)26-20-24-11-17(22)18(27-20)13-8-15-12(10-25-29)2-5-23-19(15)16(21)9-13/h2,5,8-9,11,14H,3-4,6-7,10H2,1H3,(H,24,26,27). The van der Waals surface area contributed by atoms with Gasteiger partial charge in [0.15, 0.2) is 5.82 Å². The minimum Gasteiger partial charge on any atom is -0.351 e. The Morgan fingerprint density at radius 1 is 1.19 bits per heavy atom. The van der Waals surface area contributed by atoms with E-state index >= 15 is 0 Å². The van der Waals surface area contributed by atoms with E-state index in [-0.39, 0.29) is 35.3 Å². The highest BCUT2D eigenvalue weighted by Crippen LogP contribution is 2.29. The van der Waals surface area contributed by atoms with Crippen LogP contribution >= 0.6 is 0 Å². The molecule has 1 fully saturated rings. The quantitative estimate of drug-likeness (QED) is 0.560. The molecule has 0 atom stereocenters. The fourth-order valence-corrected chi connectivity index (χ4v) is 4.64. The van der Waals surface area contributed by atoms with Gasteiger partial charge >= 0.3 is 0 Å². The smallest absolute Gasteiger partial charge is 0.223 e. The molecule has 4 rings (SSSR count). The van der Waals surface area contributed by atoms with Crippen LogP contribution in [0.3, 0.4) is 0 Å². The van der Waals surface area contributed by atoms with E-state index < -0.39 is 21.7 Å². The lowest BCUT2D eigenvalue weighted by Gasteiger charge is -2.30. The number of hydrogen-bond donors (Lipinski definition) is 1. The average Bonchev–Trinajstić information content (AvgIpc) is 2.75. The van der Waals surface area contributed by atoms with Gasteiger partial charge in [0.05, 0.1) is 12.5 Å². The molecule has 9 nitrogen and oxygen atoms in total. The first kappa shape index (κ1) is 22.1. The summed E-state index contributed by atoms with van der Waals surface area (Å²) >= 11 is 0. The molecule has 0 bridgehead atoms. The average molecular weight is 462 g/mol. The van der Waals surface area contributed by atoms with Crippen molar-refractivity contribution in [2.24, 2.45) is 5.18 Å². The maximum atomic E-state index is 14.7. The number of rotatable bonds is 6. The van der Waals surface area contributed by atoms with Crippen molar-refractivity contribution >= 4 is 26.9 Å². The van der Waals surface area contributed by atoms with Crippen LogP contribution in [0.5, 0.6) is 0 Å². The van der Waals surface area contributed by atoms with Gasteiger partial charge in [-0.1, -0.05) is 5.18 Å². The van der Waals surface area contributed by atoms with E-state index in [0.29, 0.717) is 36.9 Å². The molecule has 0 saturated carbocycles. The maximum absolute atomic E-state index is 14.7. The van der Waals surface area contributed by atoms with Crippen molar-refractivity contribution in [1.82, 2.24) is 19.3 Å². The van der Waals surface area contributed by atoms with Crippen LogP contribution < -0.4 is 5.32 Å². The molecule has 3 aromatic rings. The summed E-state index contributed by atoms with van der Waals surface area (Å²) < 4.78 is 54.0. The molecule has 32 heavy (non-hydrogen) atoms. The first-order valence-electron chi connectivity index (χ1n) is 9.87. The first-order valence-corrected chi connectivity index (χ1v) is 11.7. The summed E-state index contributed by atoms with van der Waals surface area (Å²) in [6, 6.07) is 4.12. The van der Waals surface area contributed by atoms with Gasteiger partial charge in [-0.05, 0) is 36.6 Å². The molecule has 1 aliphatic rings. The van der Waals surface area contributed by atoms with Crippen LogP contribution in [-0.4, -0.2) is 53.1 Å². The summed E-state index contributed by atoms with van der Waals surface area (Å²) in [6.07, 6.45) is 4.64. The van der Waals surface area contributed by atoms with Crippen molar-refractivity contribution in [3.05, 3.63) is 52.7 Å². The number of benzene rings is 1. The van der Waals surface area contributed by atoms with Crippen molar-refractivity contribution in [2.75, 3.05) is 24.7 Å². The van der Waals surface area contributed by atoms with Crippen LogP contribution in [0.1, 0.15) is 18.4 Å². The van der Waals surface area contributed by atoms with Crippen LogP contribution in [0.15, 0.2) is 35.8 Å². The summed E-state index contributed by atoms with van der Waals surface area (Å²) in [5.74, 6) is -1.26. The third-order valence-corrected chi connectivity index (χ3v) is 6.70. The highest BCUT2D eigenvalue weighted by Gasteiger charge is 2.25. The second-order valence-corrected chi connectivity index (χ2v) is 9.56. The summed E-state index contributed by atoms with van der Waals surface area (Å²) in [4.78, 5) is 22.9. The van der Waals surface area contributed by atoms with E-state index in [1.807, 2.05) is 0 Å². The van der Waals surface area contributed by atoms with E-state index in [1.165, 1.54) is 22.8 Å². The highest BCUT2D eigenvalue weighted by molar-refractivity contribution is 7.88. The van der Waals surface area contributed by atoms with Gasteiger partial charge in [0.25, 0.3) is 0 Å². The Morgan fingerprint density at radius 2 is 1.94 bits per heavy atom. The first-order chi connectivity index (χ1) is 15.3. The van der Waals surface area contributed by atoms with E-state index in [1.54, 1.807) is 6.07 Å². The fourth-order valence-electron chi connectivity index (χ4n) is 3.76. The second kappa shape index (κ2) is 8.79. The lowest BCUT2D eigenvalue weighted by Crippen LogP contribution is -2.42. The molecular formula is C20H20F2N6O3S. The van der Waals surface area contributed by atoms with E-state index in [9.17, 15) is 22.1 Å². The fraction of sp³-hybridized carbons (Fsp3) is 0.350. The molecule has 3 heterocycles. The van der Waals surface area contributed by atoms with Crippen molar-refractivity contribution in [3.8, 4) is 11.3 Å². The largest absolute Gasteiger partial charge is 0.351 e. The molecule has 0 radical (unpaired) electrons. The zero-order valence-electron chi connectivity index (χ0n) is 17.1. The number of nitrogens with zero attached hydrogens (tertiary/aromatic N) is 5. The van der Waals surface area contributed by atoms with Crippen molar-refractivity contribution in [2.45, 2.75) is 25.4 Å². The van der Waals surface area contributed by atoms with Gasteiger partial charge in [-0.15, -0.1) is 0 Å². The van der Waals surface area contributed by atoms with Crippen molar-refractivity contribution < 1.29 is 17.2 Å². The Bertz CT molecular complexity index is 1280. The van der Waals surface area contributed by atoms with Gasteiger partial charge in [-0.3, -0.25) is 4.98 Å². The molecule has 1 saturated heterocycles. The van der Waals surface area contributed by atoms with E-state index in [0.717, 1.165) is 12.3 Å². The number of sulfonamides is 1. The molecule has 1 aromatic carbocycles. The summed E-state index contributed by atoms with van der Waals surface area (Å²) in [6.45, 7) is 0.551. The number of nitrogens with one attached hydrogen (secondary N) is 1. The highest BCUT2D eigenvalue weighted by atomic mass is 32.2. The Morgan fingerprint density at radius 3 is 2.62 bits per heavy atom. The van der Waals surface area contributed by atoms with Crippen LogP contribution in [-0.2, 0) is 16.6 Å². The van der Waals surface area contributed by atoms with Gasteiger partial charge in [0, 0.05) is 36.3 Å². The number of halogens is 2. The normalized spacial score (nSPS) is 15.7. The molecule has 1 aliphatic heterocycles. The molecule has 0 aliphatic carbocycles. The van der Waals surface area contributed by atoms with Crippen LogP contribution in [0, 0.1) is 16.5 Å². The summed E-state index contributed by atoms with van der Waals surface area (Å²) in [5.41, 5.74) is 0.590. The van der Waals surface area contributed by atoms with E-state index in [4.69, 9.17) is 0 Å². The van der Waals surface area contributed by atoms with Gasteiger partial charge in [0.2, 0.25) is 16.0 Å². The van der Waals surface area contributed by atoms with Gasteiger partial charge in [-0.2, -0.15) is 4.91 Å². The summed E-state index contributed by atoms with van der Waals surface area (Å²) in [5, 5.41) is 6.30. The Hall–Kier alpha value is -3.12. The van der Waals surface area contributed by atoms with Crippen LogP contribution in [0.25, 0.3) is 22.2 Å². The molecule has 12 heteroatoms. The number of hydrogen-bond acceptors (Lipinski definition) is 8. The summed E-state index contributed by atoms with van der Waals surface area (Å²) in [7, 11) is -3.24. The predicted molar refractivity (Wildman–Crippen MR) is 115 cm³/mol. The zero-order valence-corrected chi connectivity index (χ0v) is 17.9. The van der Waals surface area contributed by atoms with E-state index in [2.05, 4.69) is 25.4 Å². The van der Waals surface area contributed by atoms with Gasteiger partial charge < -0.3 is 5.32 Å². The lowest BCUT2D eigenvalue weighted by atomic mass is 10.0. The number of nitroso groups, excluding NO2 is 1. The minimum absolute atomic E-state index is 0.0559. The predicted octanol–water partition coefficient (Wildman–Crippen LogP) is 3.07. The number of aromatic nitrogens is 3. The van der Waals surface area contributed by atoms with Crippen LogP contribution in [0.4, 0.5) is 14.7 Å². The molecule has 2 aromatic heterocycles. The Balaban J connectivity index is 1.63.